The zero-order chi connectivity index (χ0) is 12.9. The normalized spacial score (nSPS) is 10.6. The molecular formula is C18H17Sn+. The fourth-order valence-electron chi connectivity index (χ4n) is 2.51. The molecule has 3 aromatic carbocycles. The fraction of sp³-hybridized carbons (Fsp3) is 0. The summed E-state index contributed by atoms with van der Waals surface area (Å²) in [5.74, 6) is 0. The third-order valence-electron chi connectivity index (χ3n) is 3.40. The molecule has 0 N–H and O–H groups in total. The van der Waals surface area contributed by atoms with E-state index in [1.54, 1.807) is 10.7 Å². The van der Waals surface area contributed by atoms with Gasteiger partial charge in [0, 0.05) is 0 Å². The Morgan fingerprint density at radius 1 is 0.421 bits per heavy atom. The third-order valence-corrected chi connectivity index (χ3v) is 12.4. The summed E-state index contributed by atoms with van der Waals surface area (Å²) in [4.78, 5) is 0. The van der Waals surface area contributed by atoms with Crippen LogP contribution in [0.1, 0.15) is 1.43 Å². The van der Waals surface area contributed by atoms with E-state index in [9.17, 15) is 0 Å². The van der Waals surface area contributed by atoms with Crippen LogP contribution >= 0.6 is 0 Å². The Morgan fingerprint density at radius 2 is 0.684 bits per heavy atom. The zero-order valence-electron chi connectivity index (χ0n) is 11.7. The molecule has 0 aromatic heterocycles. The van der Waals surface area contributed by atoms with Crippen LogP contribution in [-0.2, 0) is 0 Å². The van der Waals surface area contributed by atoms with Gasteiger partial charge < -0.3 is 0 Å². The molecule has 19 heavy (non-hydrogen) atoms. The van der Waals surface area contributed by atoms with Crippen LogP contribution in [0.15, 0.2) is 91.0 Å². The second kappa shape index (κ2) is 6.07. The van der Waals surface area contributed by atoms with Crippen LogP contribution in [0.4, 0.5) is 0 Å². The Bertz CT molecular complexity index is 529. The first-order valence-corrected chi connectivity index (χ1v) is 11.5. The van der Waals surface area contributed by atoms with Gasteiger partial charge in [0.1, 0.15) is 0 Å². The molecule has 0 aliphatic heterocycles. The summed E-state index contributed by atoms with van der Waals surface area (Å²) in [5.41, 5.74) is 0. The van der Waals surface area contributed by atoms with Gasteiger partial charge in [-0.25, -0.2) is 0 Å². The minimum absolute atomic E-state index is 0. The first-order chi connectivity index (χ1) is 9.45. The van der Waals surface area contributed by atoms with Gasteiger partial charge in [-0.3, -0.25) is 0 Å². The minimum atomic E-state index is -2.14. The van der Waals surface area contributed by atoms with Crippen molar-refractivity contribution in [3.8, 4) is 0 Å². The summed E-state index contributed by atoms with van der Waals surface area (Å²) in [6.45, 7) is 0. The van der Waals surface area contributed by atoms with Crippen molar-refractivity contribution in [2.24, 2.45) is 0 Å². The van der Waals surface area contributed by atoms with Crippen molar-refractivity contribution in [3.63, 3.8) is 0 Å². The van der Waals surface area contributed by atoms with E-state index >= 15 is 0 Å². The molecule has 0 aliphatic carbocycles. The van der Waals surface area contributed by atoms with Gasteiger partial charge in [-0.15, -0.1) is 0 Å². The topological polar surface area (TPSA) is 0 Å². The monoisotopic (exact) mass is 353 g/mol. The van der Waals surface area contributed by atoms with Crippen LogP contribution in [0.2, 0.25) is 0 Å². The van der Waals surface area contributed by atoms with Crippen LogP contribution < -0.4 is 10.7 Å². The predicted molar refractivity (Wildman–Crippen MR) is 86.5 cm³/mol. The van der Waals surface area contributed by atoms with E-state index in [4.69, 9.17) is 0 Å². The molecule has 0 heterocycles. The van der Waals surface area contributed by atoms with E-state index < -0.39 is 19.8 Å². The Morgan fingerprint density at radius 3 is 0.947 bits per heavy atom. The number of hydrogen-bond donors (Lipinski definition) is 0. The molecule has 0 aliphatic rings. The van der Waals surface area contributed by atoms with Crippen LogP contribution in [-0.4, -0.2) is 19.8 Å². The maximum atomic E-state index is 2.29. The molecule has 0 bridgehead atoms. The second-order valence-electron chi connectivity index (χ2n) is 4.67. The molecule has 92 valence electrons. The average molecular weight is 352 g/mol. The first-order valence-electron chi connectivity index (χ1n) is 6.60. The molecular weight excluding hydrogens is 335 g/mol. The maximum absolute atomic E-state index is 2.29. The van der Waals surface area contributed by atoms with Gasteiger partial charge in [0.25, 0.3) is 0 Å². The second-order valence-corrected chi connectivity index (χ2v) is 12.8. The molecule has 0 atom stereocenters. The quantitative estimate of drug-likeness (QED) is 0.633. The van der Waals surface area contributed by atoms with Crippen molar-refractivity contribution in [2.75, 3.05) is 0 Å². The predicted octanol–water partition coefficient (Wildman–Crippen LogP) is 2.05. The number of hydrogen-bond acceptors (Lipinski definition) is 0. The average Bonchev–Trinajstić information content (AvgIpc) is 2.51. The Labute approximate surface area is 123 Å². The molecule has 3 rings (SSSR count). The summed E-state index contributed by atoms with van der Waals surface area (Å²) in [5, 5.41) is 0. The zero-order valence-corrected chi connectivity index (χ0v) is 14.0. The van der Waals surface area contributed by atoms with Crippen molar-refractivity contribution < 1.29 is 1.43 Å². The Hall–Kier alpha value is -1.54. The molecule has 0 saturated heterocycles. The summed E-state index contributed by atoms with van der Waals surface area (Å²) in [6.07, 6.45) is 0. The molecule has 0 unspecified atom stereocenters. The summed E-state index contributed by atoms with van der Waals surface area (Å²) in [6, 6.07) is 33.0. The third kappa shape index (κ3) is 2.90. The molecule has 0 amide bonds. The SMILES string of the molecule is [H+].c1cc[c]([SnH]([c]2ccccc2)[c]2ccccc2)cc1. The van der Waals surface area contributed by atoms with Gasteiger partial charge in [-0.05, 0) is 0 Å². The van der Waals surface area contributed by atoms with Crippen molar-refractivity contribution >= 4 is 30.5 Å². The molecule has 1 heteroatoms. The van der Waals surface area contributed by atoms with Crippen LogP contribution in [0.3, 0.4) is 0 Å². The molecule has 0 radical (unpaired) electrons. The van der Waals surface area contributed by atoms with Crippen LogP contribution in [0.25, 0.3) is 0 Å². The molecule has 0 fully saturated rings. The van der Waals surface area contributed by atoms with E-state index in [1.165, 1.54) is 0 Å². The van der Waals surface area contributed by atoms with Gasteiger partial charge in [0.05, 0.1) is 0 Å². The van der Waals surface area contributed by atoms with E-state index in [1.807, 2.05) is 0 Å². The summed E-state index contributed by atoms with van der Waals surface area (Å²) in [7, 11) is 0. The van der Waals surface area contributed by atoms with Gasteiger partial charge in [-0.2, -0.15) is 0 Å². The van der Waals surface area contributed by atoms with Gasteiger partial charge in [0.15, 0.2) is 0 Å². The van der Waals surface area contributed by atoms with Gasteiger partial charge >= 0.3 is 123 Å². The van der Waals surface area contributed by atoms with Crippen LogP contribution in [0, 0.1) is 0 Å². The fourth-order valence-corrected chi connectivity index (χ4v) is 11.0. The molecule has 0 spiro atoms. The van der Waals surface area contributed by atoms with Crippen molar-refractivity contribution in [2.45, 2.75) is 0 Å². The Kier molecular flexibility index (Phi) is 3.99. The standard InChI is InChI=1S/3C6H5.Sn.H/c3*1-2-4-6-5-3-1;;/h3*1-5H;;/p+1. The first kappa shape index (κ1) is 12.5. The summed E-state index contributed by atoms with van der Waals surface area (Å²) < 4.78 is 4.63. The number of benzene rings is 3. The van der Waals surface area contributed by atoms with Crippen molar-refractivity contribution in [1.29, 1.82) is 0 Å². The van der Waals surface area contributed by atoms with Gasteiger partial charge in [-0.1, -0.05) is 0 Å². The van der Waals surface area contributed by atoms with E-state index in [2.05, 4.69) is 91.0 Å². The Balaban J connectivity index is 0.00000147. The molecule has 0 nitrogen and oxygen atoms in total. The molecule has 3 aromatic rings. The molecule has 0 saturated carbocycles. The van der Waals surface area contributed by atoms with Crippen molar-refractivity contribution in [3.05, 3.63) is 91.0 Å². The van der Waals surface area contributed by atoms with Gasteiger partial charge in [0.2, 0.25) is 0 Å². The van der Waals surface area contributed by atoms with E-state index in [-0.39, 0.29) is 1.43 Å². The number of rotatable bonds is 3. The van der Waals surface area contributed by atoms with Crippen LogP contribution in [0.5, 0.6) is 0 Å². The summed E-state index contributed by atoms with van der Waals surface area (Å²) >= 11 is -2.14. The van der Waals surface area contributed by atoms with E-state index in [0.29, 0.717) is 0 Å². The van der Waals surface area contributed by atoms with E-state index in [0.717, 1.165) is 0 Å². The van der Waals surface area contributed by atoms with Crippen molar-refractivity contribution in [1.82, 2.24) is 0 Å².